The van der Waals surface area contributed by atoms with Gasteiger partial charge in [0, 0.05) is 26.7 Å². The molecule has 98 valence electrons. The number of rotatable bonds is 4. The topological polar surface area (TPSA) is 41.6 Å². The summed E-state index contributed by atoms with van der Waals surface area (Å²) in [6.45, 7) is 1.89. The Labute approximate surface area is 106 Å². The molecule has 0 saturated carbocycles. The van der Waals surface area contributed by atoms with Crippen molar-refractivity contribution in [2.75, 3.05) is 27.2 Å². The molecule has 1 amide bonds. The van der Waals surface area contributed by atoms with Crippen LogP contribution in [0, 0.1) is 11.7 Å². The van der Waals surface area contributed by atoms with Gasteiger partial charge in [0.2, 0.25) is 5.91 Å². The van der Waals surface area contributed by atoms with Crippen LogP contribution in [0.15, 0.2) is 18.2 Å². The lowest BCUT2D eigenvalue weighted by molar-refractivity contribution is -0.136. The summed E-state index contributed by atoms with van der Waals surface area (Å²) in [5.74, 6) is -0.0137. The van der Waals surface area contributed by atoms with Crippen LogP contribution in [-0.4, -0.2) is 38.1 Å². The zero-order chi connectivity index (χ0) is 13.1. The third-order valence-electron chi connectivity index (χ3n) is 3.14. The summed E-state index contributed by atoms with van der Waals surface area (Å²) in [5, 5.41) is 3.06. The molecule has 1 aliphatic rings. The molecule has 1 N–H and O–H groups in total. The number of carbonyl (C=O) groups is 1. The van der Waals surface area contributed by atoms with Gasteiger partial charge in [-0.15, -0.1) is 0 Å². The highest BCUT2D eigenvalue weighted by atomic mass is 19.1. The first-order chi connectivity index (χ1) is 8.61. The molecular formula is C13H17FN2O2. The second-order valence-electron chi connectivity index (χ2n) is 4.52. The Morgan fingerprint density at radius 2 is 2.28 bits per heavy atom. The first kappa shape index (κ1) is 12.8. The van der Waals surface area contributed by atoms with E-state index in [1.807, 2.05) is 0 Å². The van der Waals surface area contributed by atoms with Crippen molar-refractivity contribution in [1.29, 1.82) is 0 Å². The molecule has 0 bridgehead atoms. The number of ether oxygens (including phenoxy) is 1. The Morgan fingerprint density at radius 1 is 1.56 bits per heavy atom. The minimum Gasteiger partial charge on any atom is -0.494 e. The van der Waals surface area contributed by atoms with Crippen LogP contribution in [0.3, 0.4) is 0 Å². The molecule has 0 aromatic heterocycles. The van der Waals surface area contributed by atoms with Crippen LogP contribution >= 0.6 is 0 Å². The monoisotopic (exact) mass is 252 g/mol. The van der Waals surface area contributed by atoms with Gasteiger partial charge in [-0.2, -0.15) is 0 Å². The van der Waals surface area contributed by atoms with Gasteiger partial charge in [0.15, 0.2) is 11.6 Å². The first-order valence-electron chi connectivity index (χ1n) is 5.90. The lowest BCUT2D eigenvalue weighted by Crippen LogP contribution is -2.50. The van der Waals surface area contributed by atoms with Gasteiger partial charge in [-0.3, -0.25) is 4.79 Å². The average molecular weight is 252 g/mol. The highest BCUT2D eigenvalue weighted by Crippen LogP contribution is 2.19. The lowest BCUT2D eigenvalue weighted by Gasteiger charge is -2.30. The first-order valence-corrected chi connectivity index (χ1v) is 5.90. The molecular weight excluding hydrogens is 235 g/mol. The quantitative estimate of drug-likeness (QED) is 0.869. The summed E-state index contributed by atoms with van der Waals surface area (Å²) in [5.41, 5.74) is 0.761. The molecule has 0 aliphatic carbocycles. The smallest absolute Gasteiger partial charge is 0.228 e. The zero-order valence-corrected chi connectivity index (χ0v) is 10.6. The summed E-state index contributed by atoms with van der Waals surface area (Å²) < 4.78 is 18.4. The maximum Gasteiger partial charge on any atom is 0.228 e. The molecule has 1 heterocycles. The maximum atomic E-state index is 13.5. The number of benzene rings is 1. The molecule has 2 rings (SSSR count). The number of hydrogen-bond donors (Lipinski definition) is 1. The van der Waals surface area contributed by atoms with Crippen molar-refractivity contribution in [2.45, 2.75) is 6.54 Å². The number of nitrogens with zero attached hydrogens (tertiary/aromatic N) is 1. The van der Waals surface area contributed by atoms with E-state index in [0.717, 1.165) is 18.7 Å². The summed E-state index contributed by atoms with van der Waals surface area (Å²) in [6.07, 6.45) is 0. The minimum absolute atomic E-state index is 0.0677. The number of halogens is 1. The molecule has 1 fully saturated rings. The van der Waals surface area contributed by atoms with E-state index >= 15 is 0 Å². The van der Waals surface area contributed by atoms with Crippen LogP contribution in [0.1, 0.15) is 5.56 Å². The summed E-state index contributed by atoms with van der Waals surface area (Å²) >= 11 is 0. The molecule has 1 aliphatic heterocycles. The summed E-state index contributed by atoms with van der Waals surface area (Å²) in [6, 6.07) is 4.75. The standard InChI is InChI=1S/C13H17FN2O2/c1-16(13(17)10-6-15-7-10)8-9-3-4-12(18-2)11(14)5-9/h3-5,10,15H,6-8H2,1-2H3. The predicted octanol–water partition coefficient (Wildman–Crippen LogP) is 1.01. The Morgan fingerprint density at radius 3 is 2.78 bits per heavy atom. The van der Waals surface area contributed by atoms with Gasteiger partial charge < -0.3 is 15.0 Å². The molecule has 1 aromatic rings. The number of carbonyl (C=O) groups excluding carboxylic acids is 1. The Hall–Kier alpha value is -1.62. The number of hydrogen-bond acceptors (Lipinski definition) is 3. The van der Waals surface area contributed by atoms with E-state index in [0.29, 0.717) is 6.54 Å². The van der Waals surface area contributed by atoms with Crippen molar-refractivity contribution in [3.63, 3.8) is 0 Å². The fourth-order valence-corrected chi connectivity index (χ4v) is 1.93. The van der Waals surface area contributed by atoms with Gasteiger partial charge in [-0.1, -0.05) is 6.07 Å². The Balaban J connectivity index is 2.00. The van der Waals surface area contributed by atoms with Gasteiger partial charge in [-0.25, -0.2) is 4.39 Å². The normalized spacial score (nSPS) is 15.1. The molecule has 4 nitrogen and oxygen atoms in total. The van der Waals surface area contributed by atoms with E-state index < -0.39 is 5.82 Å². The van der Waals surface area contributed by atoms with Crippen LogP contribution in [0.2, 0.25) is 0 Å². The highest BCUT2D eigenvalue weighted by Gasteiger charge is 2.27. The van der Waals surface area contributed by atoms with Crippen molar-refractivity contribution in [3.8, 4) is 5.75 Å². The highest BCUT2D eigenvalue weighted by molar-refractivity contribution is 5.79. The van der Waals surface area contributed by atoms with Crippen LogP contribution in [-0.2, 0) is 11.3 Å². The van der Waals surface area contributed by atoms with Gasteiger partial charge in [0.05, 0.1) is 13.0 Å². The van der Waals surface area contributed by atoms with Crippen molar-refractivity contribution < 1.29 is 13.9 Å². The molecule has 0 unspecified atom stereocenters. The van der Waals surface area contributed by atoms with E-state index in [2.05, 4.69) is 5.32 Å². The summed E-state index contributed by atoms with van der Waals surface area (Å²) in [4.78, 5) is 13.5. The zero-order valence-electron chi connectivity index (χ0n) is 10.6. The van der Waals surface area contributed by atoms with Crippen LogP contribution in [0.25, 0.3) is 0 Å². The van der Waals surface area contributed by atoms with Crippen LogP contribution < -0.4 is 10.1 Å². The predicted molar refractivity (Wildman–Crippen MR) is 65.8 cm³/mol. The minimum atomic E-state index is -0.402. The van der Waals surface area contributed by atoms with Gasteiger partial charge >= 0.3 is 0 Å². The third kappa shape index (κ3) is 2.61. The maximum absolute atomic E-state index is 13.5. The molecule has 18 heavy (non-hydrogen) atoms. The fourth-order valence-electron chi connectivity index (χ4n) is 1.93. The summed E-state index contributed by atoms with van der Waals surface area (Å²) in [7, 11) is 3.17. The van der Waals surface area contributed by atoms with Crippen molar-refractivity contribution in [3.05, 3.63) is 29.6 Å². The van der Waals surface area contributed by atoms with E-state index in [9.17, 15) is 9.18 Å². The van der Waals surface area contributed by atoms with Crippen LogP contribution in [0.5, 0.6) is 5.75 Å². The van der Waals surface area contributed by atoms with Gasteiger partial charge in [-0.05, 0) is 17.7 Å². The molecule has 5 heteroatoms. The lowest BCUT2D eigenvalue weighted by atomic mass is 10.0. The number of amides is 1. The molecule has 0 spiro atoms. The van der Waals surface area contributed by atoms with Crippen molar-refractivity contribution >= 4 is 5.91 Å². The fraction of sp³-hybridized carbons (Fsp3) is 0.462. The second kappa shape index (κ2) is 5.35. The van der Waals surface area contributed by atoms with Gasteiger partial charge in [0.1, 0.15) is 0 Å². The number of methoxy groups -OCH3 is 1. The third-order valence-corrected chi connectivity index (χ3v) is 3.14. The van der Waals surface area contributed by atoms with E-state index in [1.54, 1.807) is 24.1 Å². The second-order valence-corrected chi connectivity index (χ2v) is 4.52. The van der Waals surface area contributed by atoms with Gasteiger partial charge in [0.25, 0.3) is 0 Å². The van der Waals surface area contributed by atoms with E-state index in [4.69, 9.17) is 4.74 Å². The van der Waals surface area contributed by atoms with E-state index in [1.165, 1.54) is 13.2 Å². The Bertz CT molecular complexity index is 447. The molecule has 1 saturated heterocycles. The largest absolute Gasteiger partial charge is 0.494 e. The van der Waals surface area contributed by atoms with Crippen molar-refractivity contribution in [1.82, 2.24) is 10.2 Å². The molecule has 1 aromatic carbocycles. The van der Waals surface area contributed by atoms with Crippen molar-refractivity contribution in [2.24, 2.45) is 5.92 Å². The molecule has 0 radical (unpaired) electrons. The SMILES string of the molecule is COc1ccc(CN(C)C(=O)C2CNC2)cc1F. The number of nitrogens with one attached hydrogen (secondary N) is 1. The van der Waals surface area contributed by atoms with E-state index in [-0.39, 0.29) is 17.6 Å². The Kier molecular flexibility index (Phi) is 3.81. The molecule has 0 atom stereocenters. The van der Waals surface area contributed by atoms with Crippen LogP contribution in [0.4, 0.5) is 4.39 Å². The average Bonchev–Trinajstić information content (AvgIpc) is 2.26.